The zero-order valence-corrected chi connectivity index (χ0v) is 18.9. The van der Waals surface area contributed by atoms with Gasteiger partial charge in [0.1, 0.15) is 5.75 Å². The number of sulfonamides is 1. The molecule has 164 valence electrons. The van der Waals surface area contributed by atoms with Crippen molar-refractivity contribution >= 4 is 32.9 Å². The Bertz CT molecular complexity index is 1310. The average molecular weight is 449 g/mol. The van der Waals surface area contributed by atoms with Crippen LogP contribution in [0.1, 0.15) is 23.6 Å². The van der Waals surface area contributed by atoms with Gasteiger partial charge in [0, 0.05) is 17.7 Å². The second kappa shape index (κ2) is 8.51. The van der Waals surface area contributed by atoms with Crippen LogP contribution in [0.15, 0.2) is 77.7 Å². The number of fused-ring (bicyclic) bond motifs is 1. The first-order chi connectivity index (χ1) is 15.4. The van der Waals surface area contributed by atoms with Crippen molar-refractivity contribution in [3.8, 4) is 5.75 Å². The second-order valence-corrected chi connectivity index (χ2v) is 9.21. The van der Waals surface area contributed by atoms with E-state index in [9.17, 15) is 13.2 Å². The van der Waals surface area contributed by atoms with E-state index in [0.29, 0.717) is 33.8 Å². The summed E-state index contributed by atoms with van der Waals surface area (Å²) in [5.41, 5.74) is 3.60. The molecule has 0 saturated carbocycles. The van der Waals surface area contributed by atoms with E-state index in [1.807, 2.05) is 55.5 Å². The summed E-state index contributed by atoms with van der Waals surface area (Å²) in [5.74, 6) is -0.257. The molecule has 0 saturated heterocycles. The fraction of sp³-hybridized carbons (Fsp3) is 0.160. The molecule has 0 atom stereocenters. The Morgan fingerprint density at radius 1 is 1.00 bits per heavy atom. The van der Waals surface area contributed by atoms with E-state index in [2.05, 4.69) is 5.32 Å². The lowest BCUT2D eigenvalue weighted by Gasteiger charge is -2.32. The summed E-state index contributed by atoms with van der Waals surface area (Å²) in [6.07, 6.45) is 0. The molecule has 6 nitrogen and oxygen atoms in total. The minimum absolute atomic E-state index is 0.200. The number of rotatable bonds is 5. The predicted octanol–water partition coefficient (Wildman–Crippen LogP) is 4.57. The molecule has 0 bridgehead atoms. The number of carbonyl (C=O) groups is 1. The third-order valence-corrected chi connectivity index (χ3v) is 7.32. The maximum absolute atomic E-state index is 13.7. The summed E-state index contributed by atoms with van der Waals surface area (Å²) in [6, 6.07) is 21.7. The number of ether oxygens (including phenoxy) is 1. The number of benzene rings is 3. The van der Waals surface area contributed by atoms with E-state index in [1.165, 1.54) is 11.4 Å². The summed E-state index contributed by atoms with van der Waals surface area (Å²) < 4.78 is 34.1. The lowest BCUT2D eigenvalue weighted by atomic mass is 9.95. The maximum atomic E-state index is 13.7. The molecule has 1 aliphatic rings. The molecule has 1 heterocycles. The summed E-state index contributed by atoms with van der Waals surface area (Å²) in [7, 11) is -2.61. The number of nitrogens with one attached hydrogen (secondary N) is 1. The van der Waals surface area contributed by atoms with Crippen LogP contribution in [0.4, 0.5) is 11.4 Å². The molecule has 0 spiro atoms. The molecular weight excluding hydrogens is 424 g/mol. The molecule has 3 aromatic carbocycles. The zero-order chi connectivity index (χ0) is 22.9. The molecule has 0 aromatic heterocycles. The molecule has 3 aromatic rings. The van der Waals surface area contributed by atoms with Crippen LogP contribution in [-0.2, 0) is 14.8 Å². The van der Waals surface area contributed by atoms with E-state index in [-0.39, 0.29) is 11.4 Å². The Balaban J connectivity index is 1.98. The fourth-order valence-electron chi connectivity index (χ4n) is 3.95. The van der Waals surface area contributed by atoms with Gasteiger partial charge in [0.2, 0.25) is 0 Å². The van der Waals surface area contributed by atoms with Crippen molar-refractivity contribution in [3.05, 3.63) is 94.4 Å². The van der Waals surface area contributed by atoms with Gasteiger partial charge in [-0.25, -0.2) is 8.42 Å². The Labute approximate surface area is 188 Å². The van der Waals surface area contributed by atoms with Gasteiger partial charge in [0.25, 0.3) is 15.9 Å². The van der Waals surface area contributed by atoms with Crippen LogP contribution in [0.3, 0.4) is 0 Å². The number of anilines is 2. The molecule has 1 N–H and O–H groups in total. The molecule has 0 fully saturated rings. The molecule has 1 aliphatic heterocycles. The fourth-order valence-corrected chi connectivity index (χ4v) is 5.70. The van der Waals surface area contributed by atoms with Gasteiger partial charge in [-0.05, 0) is 43.2 Å². The molecule has 7 heteroatoms. The van der Waals surface area contributed by atoms with Gasteiger partial charge in [-0.3, -0.25) is 9.10 Å². The van der Waals surface area contributed by atoms with Crippen molar-refractivity contribution < 1.29 is 17.9 Å². The van der Waals surface area contributed by atoms with Gasteiger partial charge in [-0.1, -0.05) is 54.6 Å². The predicted molar refractivity (Wildman–Crippen MR) is 127 cm³/mol. The van der Waals surface area contributed by atoms with Gasteiger partial charge < -0.3 is 10.1 Å². The maximum Gasteiger partial charge on any atom is 0.270 e. The molecule has 32 heavy (non-hydrogen) atoms. The summed E-state index contributed by atoms with van der Waals surface area (Å²) in [6.45, 7) is 3.84. The Morgan fingerprint density at radius 2 is 1.69 bits per heavy atom. The number of hydrogen-bond acceptors (Lipinski definition) is 4. The lowest BCUT2D eigenvalue weighted by Crippen LogP contribution is -2.39. The van der Waals surface area contributed by atoms with Crippen LogP contribution >= 0.6 is 0 Å². The molecule has 0 aliphatic carbocycles. The Hall–Kier alpha value is -3.58. The minimum atomic E-state index is -4.11. The van der Waals surface area contributed by atoms with Gasteiger partial charge in [0.15, 0.2) is 4.91 Å². The van der Waals surface area contributed by atoms with E-state index >= 15 is 0 Å². The van der Waals surface area contributed by atoms with Gasteiger partial charge >= 0.3 is 0 Å². The number of hydrogen-bond donors (Lipinski definition) is 1. The summed E-state index contributed by atoms with van der Waals surface area (Å²) in [4.78, 5) is 13.3. The topological polar surface area (TPSA) is 75.7 Å². The summed E-state index contributed by atoms with van der Waals surface area (Å²) >= 11 is 0. The summed E-state index contributed by atoms with van der Waals surface area (Å²) in [5, 5.41) is 2.78. The second-order valence-electron chi connectivity index (χ2n) is 7.41. The number of methoxy groups -OCH3 is 1. The third-order valence-electron chi connectivity index (χ3n) is 5.38. The standard InChI is InChI=1S/C25H24N2O4S/c1-4-27-21-13-9-8-12-19(21)23(18-10-6-5-7-11-18)24(32(27,29)30)25(28)26-20-16-17(2)14-15-22(20)31-3/h5-16H,4H2,1-3H3,(H,26,28). The molecule has 1 amide bonds. The van der Waals surface area contributed by atoms with Crippen molar-refractivity contribution in [3.63, 3.8) is 0 Å². The van der Waals surface area contributed by atoms with Crippen LogP contribution in [0.5, 0.6) is 5.75 Å². The largest absolute Gasteiger partial charge is 0.495 e. The highest BCUT2D eigenvalue weighted by atomic mass is 32.2. The highest BCUT2D eigenvalue weighted by Gasteiger charge is 2.40. The molecular formula is C25H24N2O4S. The van der Waals surface area contributed by atoms with E-state index < -0.39 is 15.9 Å². The first-order valence-electron chi connectivity index (χ1n) is 10.3. The molecule has 4 rings (SSSR count). The van der Waals surface area contributed by atoms with Crippen LogP contribution in [0, 0.1) is 6.92 Å². The molecule has 0 unspecified atom stereocenters. The van der Waals surface area contributed by atoms with Crippen molar-refractivity contribution in [1.29, 1.82) is 0 Å². The quantitative estimate of drug-likeness (QED) is 0.620. The van der Waals surface area contributed by atoms with Crippen molar-refractivity contribution in [2.75, 3.05) is 23.3 Å². The normalized spacial score (nSPS) is 14.7. The van der Waals surface area contributed by atoms with Gasteiger partial charge in [-0.15, -0.1) is 0 Å². The minimum Gasteiger partial charge on any atom is -0.495 e. The monoisotopic (exact) mass is 448 g/mol. The Morgan fingerprint density at radius 3 is 2.38 bits per heavy atom. The SMILES string of the molecule is CCN1c2ccccc2C(c2ccccc2)=C(C(=O)Nc2cc(C)ccc2OC)S1(=O)=O. The van der Waals surface area contributed by atoms with Gasteiger partial charge in [-0.2, -0.15) is 0 Å². The van der Waals surface area contributed by atoms with E-state index in [1.54, 1.807) is 31.2 Å². The van der Waals surface area contributed by atoms with Crippen LogP contribution < -0.4 is 14.4 Å². The molecule has 0 radical (unpaired) electrons. The van der Waals surface area contributed by atoms with Gasteiger partial charge in [0.05, 0.1) is 18.5 Å². The smallest absolute Gasteiger partial charge is 0.270 e. The Kier molecular flexibility index (Phi) is 5.76. The van der Waals surface area contributed by atoms with Crippen molar-refractivity contribution in [2.45, 2.75) is 13.8 Å². The highest BCUT2D eigenvalue weighted by molar-refractivity contribution is 7.97. The highest BCUT2D eigenvalue weighted by Crippen LogP contribution is 2.43. The van der Waals surface area contributed by atoms with E-state index in [0.717, 1.165) is 5.56 Å². The first kappa shape index (κ1) is 21.6. The van der Waals surface area contributed by atoms with Crippen LogP contribution in [0.25, 0.3) is 5.57 Å². The number of amides is 1. The zero-order valence-electron chi connectivity index (χ0n) is 18.1. The van der Waals surface area contributed by atoms with E-state index in [4.69, 9.17) is 4.74 Å². The lowest BCUT2D eigenvalue weighted by molar-refractivity contribution is -0.112. The third kappa shape index (κ3) is 3.65. The first-order valence-corrected chi connectivity index (χ1v) is 11.7. The van der Waals surface area contributed by atoms with Crippen LogP contribution in [0.2, 0.25) is 0 Å². The number of nitrogens with zero attached hydrogens (tertiary/aromatic N) is 1. The average Bonchev–Trinajstić information content (AvgIpc) is 2.78. The number of aryl methyl sites for hydroxylation is 1. The number of carbonyl (C=O) groups excluding carboxylic acids is 1. The van der Waals surface area contributed by atoms with Crippen LogP contribution in [-0.4, -0.2) is 28.0 Å². The van der Waals surface area contributed by atoms with Crippen molar-refractivity contribution in [2.24, 2.45) is 0 Å². The van der Waals surface area contributed by atoms with Crippen molar-refractivity contribution in [1.82, 2.24) is 0 Å². The number of para-hydroxylation sites is 1.